The Labute approximate surface area is 110 Å². The van der Waals surface area contributed by atoms with E-state index in [9.17, 15) is 0 Å². The summed E-state index contributed by atoms with van der Waals surface area (Å²) in [6, 6.07) is 0.638. The van der Waals surface area contributed by atoms with Gasteiger partial charge in [0.1, 0.15) is 0 Å². The largest absolute Gasteiger partial charge is 0.310 e. The number of alkyl halides is 1. The van der Waals surface area contributed by atoms with Crippen LogP contribution < -0.4 is 5.32 Å². The lowest BCUT2D eigenvalue weighted by atomic mass is 10.1. The molecule has 0 spiro atoms. The Kier molecular flexibility index (Phi) is 11.2. The van der Waals surface area contributed by atoms with E-state index in [-0.39, 0.29) is 34.0 Å². The lowest BCUT2D eigenvalue weighted by molar-refractivity contribution is 0.236. The number of nitrogens with one attached hydrogen (secondary N) is 1. The molecule has 0 bridgehead atoms. The molecule has 0 aliphatic carbocycles. The fraction of sp³-hybridized carbons (Fsp3) is 1.00. The Morgan fingerprint density at radius 1 is 1.54 bits per heavy atom. The van der Waals surface area contributed by atoms with Crippen LogP contribution in [0.5, 0.6) is 0 Å². The smallest absolute Gasteiger partial charge is 0.0320 e. The zero-order valence-electron chi connectivity index (χ0n) is 8.12. The molecule has 2 nitrogen and oxygen atoms in total. The van der Waals surface area contributed by atoms with Crippen LogP contribution in [0.15, 0.2) is 0 Å². The van der Waals surface area contributed by atoms with Gasteiger partial charge in [-0.1, -0.05) is 22.9 Å². The Hall–Kier alpha value is 1.36. The van der Waals surface area contributed by atoms with Gasteiger partial charge in [-0.25, -0.2) is 0 Å². The van der Waals surface area contributed by atoms with Gasteiger partial charge < -0.3 is 10.2 Å². The second-order valence-electron chi connectivity index (χ2n) is 3.25. The topological polar surface area (TPSA) is 15.3 Å². The third-order valence-electron chi connectivity index (χ3n) is 2.24. The van der Waals surface area contributed by atoms with Gasteiger partial charge in [-0.3, -0.25) is 0 Å². The van der Waals surface area contributed by atoms with Crippen molar-refractivity contribution in [2.24, 2.45) is 0 Å². The number of halogens is 3. The molecule has 1 rings (SSSR count). The van der Waals surface area contributed by atoms with Crippen molar-refractivity contribution in [1.82, 2.24) is 10.2 Å². The summed E-state index contributed by atoms with van der Waals surface area (Å²) >= 11 is 3.68. The number of hydrogen-bond acceptors (Lipinski definition) is 2. The zero-order chi connectivity index (χ0) is 8.27. The SMILES string of the molecule is Br.Br.CCC(Br)C1CN(C)CCN1. The van der Waals surface area contributed by atoms with Crippen molar-refractivity contribution in [1.29, 1.82) is 0 Å². The molecule has 82 valence electrons. The van der Waals surface area contributed by atoms with E-state index in [4.69, 9.17) is 0 Å². The van der Waals surface area contributed by atoms with Gasteiger partial charge in [0, 0.05) is 30.5 Å². The summed E-state index contributed by atoms with van der Waals surface area (Å²) in [6.07, 6.45) is 1.20. The molecule has 1 aliphatic heterocycles. The number of hydrogen-bond donors (Lipinski definition) is 1. The average molecular weight is 383 g/mol. The van der Waals surface area contributed by atoms with Crippen molar-refractivity contribution in [2.75, 3.05) is 26.7 Å². The minimum absolute atomic E-state index is 0. The fourth-order valence-corrected chi connectivity index (χ4v) is 1.81. The molecule has 1 aliphatic rings. The van der Waals surface area contributed by atoms with Gasteiger partial charge in [0.15, 0.2) is 0 Å². The molecule has 0 saturated carbocycles. The molecule has 0 amide bonds. The van der Waals surface area contributed by atoms with Crippen molar-refractivity contribution in [3.8, 4) is 0 Å². The molecule has 0 aromatic carbocycles. The first kappa shape index (κ1) is 16.8. The highest BCUT2D eigenvalue weighted by molar-refractivity contribution is 9.09. The molecule has 1 heterocycles. The van der Waals surface area contributed by atoms with Crippen LogP contribution in [0.4, 0.5) is 0 Å². The van der Waals surface area contributed by atoms with Crippen molar-refractivity contribution < 1.29 is 0 Å². The quantitative estimate of drug-likeness (QED) is 0.737. The van der Waals surface area contributed by atoms with E-state index in [1.54, 1.807) is 0 Å². The predicted molar refractivity (Wildman–Crippen MR) is 72.9 cm³/mol. The van der Waals surface area contributed by atoms with Crippen LogP contribution in [0.1, 0.15) is 13.3 Å². The number of piperazine rings is 1. The molecule has 13 heavy (non-hydrogen) atoms. The lowest BCUT2D eigenvalue weighted by Crippen LogP contribution is -2.52. The van der Waals surface area contributed by atoms with Crippen LogP contribution >= 0.6 is 49.9 Å². The summed E-state index contributed by atoms with van der Waals surface area (Å²) < 4.78 is 0. The molecule has 1 N–H and O–H groups in total. The van der Waals surface area contributed by atoms with Crippen molar-refractivity contribution in [3.63, 3.8) is 0 Å². The maximum atomic E-state index is 3.68. The van der Waals surface area contributed by atoms with Gasteiger partial charge in [-0.15, -0.1) is 34.0 Å². The first-order chi connectivity index (χ1) is 5.24. The molecule has 2 unspecified atom stereocenters. The fourth-order valence-electron chi connectivity index (χ4n) is 1.46. The van der Waals surface area contributed by atoms with E-state index >= 15 is 0 Å². The minimum atomic E-state index is 0. The molecule has 1 saturated heterocycles. The molecular weight excluding hydrogens is 364 g/mol. The summed E-state index contributed by atoms with van der Waals surface area (Å²) in [7, 11) is 2.18. The van der Waals surface area contributed by atoms with Gasteiger partial charge in [0.2, 0.25) is 0 Å². The van der Waals surface area contributed by atoms with E-state index in [1.807, 2.05) is 0 Å². The highest BCUT2D eigenvalue weighted by Gasteiger charge is 2.21. The summed E-state index contributed by atoms with van der Waals surface area (Å²) in [5, 5.41) is 3.51. The first-order valence-electron chi connectivity index (χ1n) is 4.30. The predicted octanol–water partition coefficient (Wildman–Crippen LogP) is 2.22. The Morgan fingerprint density at radius 3 is 2.62 bits per heavy atom. The Bertz CT molecular complexity index is 124. The molecule has 0 aromatic heterocycles. The van der Waals surface area contributed by atoms with Gasteiger partial charge in [-0.2, -0.15) is 0 Å². The van der Waals surface area contributed by atoms with Gasteiger partial charge >= 0.3 is 0 Å². The van der Waals surface area contributed by atoms with Gasteiger partial charge in [0.25, 0.3) is 0 Å². The summed E-state index contributed by atoms with van der Waals surface area (Å²) in [4.78, 5) is 3.01. The van der Waals surface area contributed by atoms with Crippen LogP contribution in [0, 0.1) is 0 Å². The summed E-state index contributed by atoms with van der Waals surface area (Å²) in [5.74, 6) is 0. The van der Waals surface area contributed by atoms with E-state index < -0.39 is 0 Å². The van der Waals surface area contributed by atoms with Crippen LogP contribution in [0.3, 0.4) is 0 Å². The zero-order valence-corrected chi connectivity index (χ0v) is 13.1. The van der Waals surface area contributed by atoms with E-state index in [0.29, 0.717) is 10.9 Å². The van der Waals surface area contributed by atoms with E-state index in [0.717, 1.165) is 6.54 Å². The number of likely N-dealkylation sites (N-methyl/N-ethyl adjacent to an activating group) is 1. The average Bonchev–Trinajstić information content (AvgIpc) is 2.03. The maximum absolute atomic E-state index is 3.68. The van der Waals surface area contributed by atoms with Crippen molar-refractivity contribution in [2.45, 2.75) is 24.2 Å². The lowest BCUT2D eigenvalue weighted by Gasteiger charge is -2.33. The highest BCUT2D eigenvalue weighted by Crippen LogP contribution is 2.12. The number of rotatable bonds is 2. The first-order valence-corrected chi connectivity index (χ1v) is 5.21. The molecule has 1 fully saturated rings. The summed E-state index contributed by atoms with van der Waals surface area (Å²) in [6.45, 7) is 5.70. The standard InChI is InChI=1S/C8H17BrN2.2BrH/c1-3-7(9)8-6-11(2)5-4-10-8;;/h7-8,10H,3-6H2,1-2H3;2*1H. The normalized spacial score (nSPS) is 25.6. The third kappa shape index (κ3) is 5.72. The van der Waals surface area contributed by atoms with E-state index in [1.165, 1.54) is 19.5 Å². The molecular formula is C8H19Br3N2. The monoisotopic (exact) mass is 380 g/mol. The second-order valence-corrected chi connectivity index (χ2v) is 4.42. The van der Waals surface area contributed by atoms with E-state index in [2.05, 4.69) is 40.1 Å². The third-order valence-corrected chi connectivity index (χ3v) is 3.52. The molecule has 5 heteroatoms. The van der Waals surface area contributed by atoms with Crippen LogP contribution in [-0.2, 0) is 0 Å². The number of nitrogens with zero attached hydrogens (tertiary/aromatic N) is 1. The van der Waals surface area contributed by atoms with Crippen LogP contribution in [-0.4, -0.2) is 42.5 Å². The molecule has 2 atom stereocenters. The highest BCUT2D eigenvalue weighted by atomic mass is 79.9. The summed E-state index contributed by atoms with van der Waals surface area (Å²) in [5.41, 5.74) is 0. The second kappa shape index (κ2) is 8.65. The maximum Gasteiger partial charge on any atom is 0.0320 e. The van der Waals surface area contributed by atoms with Crippen LogP contribution in [0.2, 0.25) is 0 Å². The minimum Gasteiger partial charge on any atom is -0.310 e. The molecule has 0 radical (unpaired) electrons. The van der Waals surface area contributed by atoms with Crippen molar-refractivity contribution in [3.05, 3.63) is 0 Å². The van der Waals surface area contributed by atoms with Crippen molar-refractivity contribution >= 4 is 49.9 Å². The van der Waals surface area contributed by atoms with Gasteiger partial charge in [0.05, 0.1) is 0 Å². The Morgan fingerprint density at radius 2 is 2.15 bits per heavy atom. The molecule has 0 aromatic rings. The van der Waals surface area contributed by atoms with Gasteiger partial charge in [-0.05, 0) is 13.5 Å². The van der Waals surface area contributed by atoms with Crippen LogP contribution in [0.25, 0.3) is 0 Å². The Balaban J connectivity index is 0.